The Balaban J connectivity index is 1.14. The Kier molecular flexibility index (Phi) is 8.01. The van der Waals surface area contributed by atoms with Crippen molar-refractivity contribution in [2.75, 3.05) is 21.8 Å². The lowest BCUT2D eigenvalue weighted by Gasteiger charge is -2.45. The number of aryl methyl sites for hydroxylation is 3. The van der Waals surface area contributed by atoms with E-state index in [0.29, 0.717) is 6.73 Å². The van der Waals surface area contributed by atoms with E-state index in [4.69, 9.17) is 4.74 Å². The largest absolute Gasteiger partial charge is 0.471 e. The van der Waals surface area contributed by atoms with Gasteiger partial charge in [0, 0.05) is 53.7 Å². The molecule has 0 radical (unpaired) electrons. The number of nitrogens with zero attached hydrogens (tertiary/aromatic N) is 2. The maximum Gasteiger partial charge on any atom is 0.252 e. The van der Waals surface area contributed by atoms with Crippen LogP contribution in [0.1, 0.15) is 43.0 Å². The number of hydrogen-bond donors (Lipinski definition) is 1. The van der Waals surface area contributed by atoms with Crippen molar-refractivity contribution in [2.24, 2.45) is 0 Å². The summed E-state index contributed by atoms with van der Waals surface area (Å²) in [6, 6.07) is 52.9. The first-order valence-corrected chi connectivity index (χ1v) is 22.8. The Morgan fingerprint density at radius 2 is 1.23 bits per heavy atom. The second-order valence-electron chi connectivity index (χ2n) is 18.0. The van der Waals surface area contributed by atoms with Crippen LogP contribution in [0.25, 0.3) is 41.1 Å². The molecular weight excluding hydrogens is 782 g/mol. The summed E-state index contributed by atoms with van der Waals surface area (Å²) < 4.78 is 8.86. The van der Waals surface area contributed by atoms with E-state index in [2.05, 4.69) is 196 Å². The summed E-state index contributed by atoms with van der Waals surface area (Å²) in [5.74, 6) is 0.900. The highest BCUT2D eigenvalue weighted by molar-refractivity contribution is 7.22. The van der Waals surface area contributed by atoms with Gasteiger partial charge in [0.2, 0.25) is 0 Å². The number of hydrogen-bond acceptors (Lipinski definition) is 6. The molecule has 0 unspecified atom stereocenters. The molecular formula is C54H44BN3OS2. The van der Waals surface area contributed by atoms with Gasteiger partial charge < -0.3 is 19.9 Å². The second-order valence-corrected chi connectivity index (χ2v) is 20.2. The van der Waals surface area contributed by atoms with Gasteiger partial charge in [-0.2, -0.15) is 0 Å². The van der Waals surface area contributed by atoms with Gasteiger partial charge in [-0.05, 0) is 147 Å². The van der Waals surface area contributed by atoms with E-state index in [1.54, 1.807) is 0 Å². The van der Waals surface area contributed by atoms with Gasteiger partial charge in [-0.3, -0.25) is 0 Å². The van der Waals surface area contributed by atoms with Crippen molar-refractivity contribution in [3.05, 3.63) is 162 Å². The average Bonchev–Trinajstić information content (AvgIpc) is 4.01. The van der Waals surface area contributed by atoms with Crippen LogP contribution in [-0.4, -0.2) is 13.4 Å². The third kappa shape index (κ3) is 5.71. The molecule has 12 rings (SSSR count). The monoisotopic (exact) mass is 825 g/mol. The highest BCUT2D eigenvalue weighted by Gasteiger charge is 2.45. The number of fused-ring (bicyclic) bond motifs is 7. The van der Waals surface area contributed by atoms with Crippen LogP contribution in [-0.2, 0) is 5.41 Å². The van der Waals surface area contributed by atoms with Gasteiger partial charge in [0.05, 0.1) is 11.4 Å². The van der Waals surface area contributed by atoms with E-state index < -0.39 is 0 Å². The van der Waals surface area contributed by atoms with Crippen LogP contribution < -0.4 is 36.2 Å². The molecule has 0 saturated heterocycles. The van der Waals surface area contributed by atoms with Crippen LogP contribution in [0.3, 0.4) is 0 Å². The van der Waals surface area contributed by atoms with Gasteiger partial charge in [-0.15, -0.1) is 22.7 Å². The maximum absolute atomic E-state index is 6.25. The standard InChI is InChI=1S/C54H44BN3OS2/c1-31-20-45-52-46(21-31)58(53-32(2)22-38(23-33(53)3)54(4,5)6)44-29-47-42(56-30-59-47)28-41(44)55(52)40-19-18-37(51-27-36-13-8-10-17-49(36)61-51)25-43(40)57(45)39-15-11-14-34(24-39)50-26-35-12-7-9-16-48(35)60-50/h7-29,56H,30H2,1-6H3. The van der Waals surface area contributed by atoms with Crippen LogP contribution in [0.5, 0.6) is 5.75 Å². The van der Waals surface area contributed by atoms with Crippen molar-refractivity contribution < 1.29 is 4.74 Å². The van der Waals surface area contributed by atoms with E-state index in [-0.39, 0.29) is 12.1 Å². The molecule has 0 atom stereocenters. The molecule has 5 heterocycles. The minimum absolute atomic E-state index is 0.00695. The zero-order chi connectivity index (χ0) is 41.3. The summed E-state index contributed by atoms with van der Waals surface area (Å²) in [4.78, 5) is 7.67. The normalized spacial score (nSPS) is 13.8. The average molecular weight is 826 g/mol. The predicted molar refractivity (Wildman–Crippen MR) is 264 cm³/mol. The van der Waals surface area contributed by atoms with Gasteiger partial charge in [-0.1, -0.05) is 93.6 Å². The van der Waals surface area contributed by atoms with Crippen LogP contribution in [0.4, 0.5) is 39.8 Å². The summed E-state index contributed by atoms with van der Waals surface area (Å²) in [5.41, 5.74) is 19.7. The molecule has 0 amide bonds. The number of benzene rings is 7. The number of thiophene rings is 2. The van der Waals surface area contributed by atoms with E-state index >= 15 is 0 Å². The molecule has 0 spiro atoms. The smallest absolute Gasteiger partial charge is 0.252 e. The Morgan fingerprint density at radius 1 is 0.590 bits per heavy atom. The zero-order valence-corrected chi connectivity index (χ0v) is 36.8. The van der Waals surface area contributed by atoms with Crippen LogP contribution in [0, 0.1) is 20.8 Å². The lowest BCUT2D eigenvalue weighted by Crippen LogP contribution is -2.61. The quantitative estimate of drug-likeness (QED) is 0.179. The number of anilines is 7. The van der Waals surface area contributed by atoms with Crippen LogP contribution in [0.15, 0.2) is 140 Å². The molecule has 0 bridgehead atoms. The third-order valence-electron chi connectivity index (χ3n) is 12.9. The number of rotatable bonds is 4. The molecule has 0 fully saturated rings. The van der Waals surface area contributed by atoms with Crippen molar-refractivity contribution in [3.63, 3.8) is 0 Å². The third-order valence-corrected chi connectivity index (χ3v) is 15.2. The van der Waals surface area contributed by atoms with E-state index in [1.807, 2.05) is 22.7 Å². The lowest BCUT2D eigenvalue weighted by atomic mass is 9.33. The van der Waals surface area contributed by atoms with Gasteiger partial charge in [0.15, 0.2) is 6.73 Å². The molecule has 1 N–H and O–H groups in total. The fraction of sp³-hybridized carbons (Fsp3) is 0.148. The molecule has 9 aromatic rings. The van der Waals surface area contributed by atoms with Crippen LogP contribution >= 0.6 is 22.7 Å². The van der Waals surface area contributed by atoms with E-state index in [0.717, 1.165) is 17.1 Å². The summed E-state index contributed by atoms with van der Waals surface area (Å²) >= 11 is 3.73. The summed E-state index contributed by atoms with van der Waals surface area (Å²) in [7, 11) is 0. The number of nitrogens with one attached hydrogen (secondary N) is 1. The Bertz CT molecular complexity index is 3210. The molecule has 4 nitrogen and oxygen atoms in total. The molecule has 0 aliphatic carbocycles. The Morgan fingerprint density at radius 3 is 1.90 bits per heavy atom. The van der Waals surface area contributed by atoms with Crippen molar-refractivity contribution in [1.29, 1.82) is 0 Å². The van der Waals surface area contributed by atoms with Gasteiger partial charge in [0.25, 0.3) is 6.71 Å². The zero-order valence-electron chi connectivity index (χ0n) is 35.2. The second kappa shape index (κ2) is 13.4. The first-order valence-electron chi connectivity index (χ1n) is 21.2. The topological polar surface area (TPSA) is 27.7 Å². The fourth-order valence-electron chi connectivity index (χ4n) is 10.1. The van der Waals surface area contributed by atoms with Gasteiger partial charge >= 0.3 is 0 Å². The van der Waals surface area contributed by atoms with Crippen LogP contribution in [0.2, 0.25) is 0 Å². The minimum atomic E-state index is -0.00695. The summed E-state index contributed by atoms with van der Waals surface area (Å²) in [6.45, 7) is 14.2. The Labute approximate surface area is 365 Å². The van der Waals surface area contributed by atoms with Gasteiger partial charge in [-0.25, -0.2) is 0 Å². The highest BCUT2D eigenvalue weighted by Crippen LogP contribution is 2.50. The maximum atomic E-state index is 6.25. The molecule has 0 saturated carbocycles. The first kappa shape index (κ1) is 36.6. The van der Waals surface area contributed by atoms with Gasteiger partial charge in [0.1, 0.15) is 5.75 Å². The predicted octanol–water partition coefficient (Wildman–Crippen LogP) is 13.5. The first-order chi connectivity index (χ1) is 29.6. The number of ether oxygens (including phenoxy) is 1. The van der Waals surface area contributed by atoms with Crippen molar-refractivity contribution in [1.82, 2.24) is 0 Å². The molecule has 61 heavy (non-hydrogen) atoms. The summed E-state index contributed by atoms with van der Waals surface area (Å²) in [5, 5.41) is 6.11. The Hall–Kier alpha value is -6.28. The van der Waals surface area contributed by atoms with Crippen molar-refractivity contribution in [2.45, 2.75) is 47.0 Å². The molecule has 3 aliphatic rings. The SMILES string of the molecule is Cc1cc2c3c(c1)N(c1c(C)cc(C(C)(C)C)cc1C)c1cc4c(cc1B3c1ccc(-c3cc5ccccc5s3)cc1N2c1cccc(-c2cc3ccccc3s2)c1)NCO4. The van der Waals surface area contributed by atoms with E-state index in [1.165, 1.54) is 108 Å². The minimum Gasteiger partial charge on any atom is -0.471 e. The molecule has 7 aromatic carbocycles. The molecule has 3 aliphatic heterocycles. The molecule has 7 heteroatoms. The molecule has 296 valence electrons. The van der Waals surface area contributed by atoms with E-state index in [9.17, 15) is 0 Å². The molecule has 2 aromatic heterocycles. The lowest BCUT2D eigenvalue weighted by molar-refractivity contribution is 0.372. The summed E-state index contributed by atoms with van der Waals surface area (Å²) in [6.07, 6.45) is 0. The fourth-order valence-corrected chi connectivity index (χ4v) is 12.2. The van der Waals surface area contributed by atoms with Crippen molar-refractivity contribution >= 4 is 106 Å². The van der Waals surface area contributed by atoms with Crippen molar-refractivity contribution in [3.8, 4) is 26.6 Å². The highest BCUT2D eigenvalue weighted by atomic mass is 32.1.